The molecule has 2 aromatic rings. The lowest BCUT2D eigenvalue weighted by Gasteiger charge is -2.10. The fourth-order valence-corrected chi connectivity index (χ4v) is 2.50. The average Bonchev–Trinajstić information content (AvgIpc) is 2.70. The van der Waals surface area contributed by atoms with Crippen LogP contribution < -0.4 is 4.74 Å². The average molecular weight is 393 g/mol. The van der Waals surface area contributed by atoms with Crippen molar-refractivity contribution in [2.75, 3.05) is 27.2 Å². The lowest BCUT2D eigenvalue weighted by molar-refractivity contribution is -0.121. The number of phenols is 1. The van der Waals surface area contributed by atoms with E-state index in [-0.39, 0.29) is 23.7 Å². The van der Waals surface area contributed by atoms with Crippen LogP contribution in [-0.4, -0.2) is 48.8 Å². The lowest BCUT2D eigenvalue weighted by Crippen LogP contribution is -2.15. The highest BCUT2D eigenvalue weighted by molar-refractivity contribution is 6.10. The molecule has 2 rings (SSSR count). The van der Waals surface area contributed by atoms with Crippen molar-refractivity contribution in [3.8, 4) is 11.5 Å². The van der Waals surface area contributed by atoms with Gasteiger partial charge in [0.1, 0.15) is 11.5 Å². The Hall–Kier alpha value is -3.18. The third-order valence-electron chi connectivity index (χ3n) is 4.06. The van der Waals surface area contributed by atoms with E-state index in [4.69, 9.17) is 4.74 Å². The zero-order valence-electron chi connectivity index (χ0n) is 16.9. The number of hydrogen-bond acceptors (Lipinski definition) is 5. The minimum absolute atomic E-state index is 0.165. The molecule has 0 aliphatic rings. The molecule has 0 aliphatic carbocycles. The molecule has 1 N–H and O–H groups in total. The first-order valence-electron chi connectivity index (χ1n) is 9.51. The fourth-order valence-electron chi connectivity index (χ4n) is 2.50. The lowest BCUT2D eigenvalue weighted by atomic mass is 10.1. The fraction of sp³-hybridized carbons (Fsp3) is 0.250. The molecule has 0 amide bonds. The normalized spacial score (nSPS) is 11.4. The third-order valence-corrected chi connectivity index (χ3v) is 4.06. The molecule has 2 aromatic carbocycles. The third kappa shape index (κ3) is 9.04. The van der Waals surface area contributed by atoms with E-state index in [0.717, 1.165) is 29.8 Å². The molecule has 0 aliphatic heterocycles. The van der Waals surface area contributed by atoms with E-state index in [1.807, 2.05) is 38.4 Å². The zero-order valence-corrected chi connectivity index (χ0v) is 16.9. The molecule has 152 valence electrons. The first kappa shape index (κ1) is 22.1. The number of aromatic hydroxyl groups is 1. The van der Waals surface area contributed by atoms with Gasteiger partial charge in [0.05, 0.1) is 13.0 Å². The van der Waals surface area contributed by atoms with Crippen molar-refractivity contribution >= 4 is 23.7 Å². The number of phenolic OH excluding ortho intramolecular Hbond substituents is 1. The summed E-state index contributed by atoms with van der Waals surface area (Å²) in [5, 5.41) is 9.24. The van der Waals surface area contributed by atoms with Crippen LogP contribution in [0.25, 0.3) is 12.2 Å². The number of carbonyl (C=O) groups excluding carboxylic acids is 2. The Kier molecular flexibility index (Phi) is 8.86. The molecule has 0 unspecified atom stereocenters. The molecule has 0 radical (unpaired) electrons. The van der Waals surface area contributed by atoms with E-state index in [1.54, 1.807) is 24.3 Å². The summed E-state index contributed by atoms with van der Waals surface area (Å²) in [5.41, 5.74) is 1.65. The van der Waals surface area contributed by atoms with Crippen LogP contribution >= 0.6 is 0 Å². The topological polar surface area (TPSA) is 66.8 Å². The quantitative estimate of drug-likeness (QED) is 0.355. The van der Waals surface area contributed by atoms with Crippen LogP contribution in [0.3, 0.4) is 0 Å². The summed E-state index contributed by atoms with van der Waals surface area (Å²) >= 11 is 0. The van der Waals surface area contributed by atoms with E-state index in [9.17, 15) is 14.7 Å². The van der Waals surface area contributed by atoms with Gasteiger partial charge in [-0.1, -0.05) is 36.4 Å². The van der Waals surface area contributed by atoms with Crippen molar-refractivity contribution in [3.05, 3.63) is 71.8 Å². The number of ketones is 2. The summed E-state index contributed by atoms with van der Waals surface area (Å²) in [6.07, 6.45) is 6.88. The Morgan fingerprint density at radius 1 is 0.897 bits per heavy atom. The minimum atomic E-state index is -0.269. The van der Waals surface area contributed by atoms with Gasteiger partial charge >= 0.3 is 0 Å². The van der Waals surface area contributed by atoms with Crippen molar-refractivity contribution in [1.29, 1.82) is 0 Å². The maximum absolute atomic E-state index is 12.0. The maximum atomic E-state index is 12.0. The smallest absolute Gasteiger partial charge is 0.163 e. The second-order valence-corrected chi connectivity index (χ2v) is 6.94. The van der Waals surface area contributed by atoms with Crippen molar-refractivity contribution in [2.24, 2.45) is 0 Å². The molecule has 0 fully saturated rings. The Morgan fingerprint density at radius 3 is 1.93 bits per heavy atom. The Bertz CT molecular complexity index is 849. The predicted octanol–water partition coefficient (Wildman–Crippen LogP) is 3.98. The number of hydrogen-bond donors (Lipinski definition) is 1. The molecule has 0 heterocycles. The second kappa shape index (κ2) is 11.6. The monoisotopic (exact) mass is 393 g/mol. The molecule has 0 spiro atoms. The van der Waals surface area contributed by atoms with Gasteiger partial charge in [0.25, 0.3) is 0 Å². The highest BCUT2D eigenvalue weighted by atomic mass is 16.5. The first-order chi connectivity index (χ1) is 13.9. The number of nitrogens with zero attached hydrogens (tertiary/aromatic N) is 1. The van der Waals surface area contributed by atoms with Crippen molar-refractivity contribution in [1.82, 2.24) is 4.90 Å². The van der Waals surface area contributed by atoms with Gasteiger partial charge in [0.15, 0.2) is 11.6 Å². The first-order valence-corrected chi connectivity index (χ1v) is 9.51. The standard InChI is InChI=1S/C24H27NO4/c1-25(2)16-3-17-29-24-14-8-20(9-15-24)7-13-23(28)18-22(27)12-6-19-4-10-21(26)11-5-19/h4-15,26H,3,16-18H2,1-2H3. The Balaban J connectivity index is 1.77. The largest absolute Gasteiger partial charge is 0.508 e. The molecular formula is C24H27NO4. The van der Waals surface area contributed by atoms with E-state index >= 15 is 0 Å². The molecule has 29 heavy (non-hydrogen) atoms. The van der Waals surface area contributed by atoms with Crippen LogP contribution in [-0.2, 0) is 9.59 Å². The van der Waals surface area contributed by atoms with Gasteiger partial charge in [-0.25, -0.2) is 0 Å². The van der Waals surface area contributed by atoms with Crippen molar-refractivity contribution in [2.45, 2.75) is 12.8 Å². The Morgan fingerprint density at radius 2 is 1.41 bits per heavy atom. The van der Waals surface area contributed by atoms with Crippen LogP contribution in [0.4, 0.5) is 0 Å². The van der Waals surface area contributed by atoms with Gasteiger partial charge in [0.2, 0.25) is 0 Å². The molecule has 0 saturated heterocycles. The van der Waals surface area contributed by atoms with Crippen LogP contribution in [0.15, 0.2) is 60.7 Å². The van der Waals surface area contributed by atoms with E-state index in [0.29, 0.717) is 6.61 Å². The van der Waals surface area contributed by atoms with Gasteiger partial charge in [-0.05, 0) is 68.1 Å². The van der Waals surface area contributed by atoms with E-state index in [1.165, 1.54) is 24.3 Å². The van der Waals surface area contributed by atoms with Crippen molar-refractivity contribution in [3.63, 3.8) is 0 Å². The molecule has 5 nitrogen and oxygen atoms in total. The van der Waals surface area contributed by atoms with E-state index < -0.39 is 0 Å². The maximum Gasteiger partial charge on any atom is 0.163 e. The molecule has 0 aromatic heterocycles. The van der Waals surface area contributed by atoms with Gasteiger partial charge in [-0.2, -0.15) is 0 Å². The summed E-state index contributed by atoms with van der Waals surface area (Å²) in [6, 6.07) is 13.9. The summed E-state index contributed by atoms with van der Waals surface area (Å²) in [5.74, 6) is 0.433. The van der Waals surface area contributed by atoms with Crippen molar-refractivity contribution < 1.29 is 19.4 Å². The van der Waals surface area contributed by atoms with Gasteiger partial charge in [0, 0.05) is 6.54 Å². The highest BCUT2D eigenvalue weighted by Crippen LogP contribution is 2.14. The van der Waals surface area contributed by atoms with Crippen LogP contribution in [0.1, 0.15) is 24.0 Å². The Labute approximate surface area is 171 Å². The van der Waals surface area contributed by atoms with Crippen LogP contribution in [0.5, 0.6) is 11.5 Å². The summed E-state index contributed by atoms with van der Waals surface area (Å²) in [6.45, 7) is 1.64. The van der Waals surface area contributed by atoms with Gasteiger partial charge < -0.3 is 14.7 Å². The van der Waals surface area contributed by atoms with E-state index in [2.05, 4.69) is 4.90 Å². The number of benzene rings is 2. The summed E-state index contributed by atoms with van der Waals surface area (Å²) in [7, 11) is 4.06. The molecule has 0 saturated carbocycles. The SMILES string of the molecule is CN(C)CCCOc1ccc(C=CC(=O)CC(=O)C=Cc2ccc(O)cc2)cc1. The number of carbonyl (C=O) groups is 2. The van der Waals surface area contributed by atoms with Gasteiger partial charge in [-0.3, -0.25) is 9.59 Å². The molecule has 5 heteroatoms. The zero-order chi connectivity index (χ0) is 21.1. The molecule has 0 atom stereocenters. The molecule has 0 bridgehead atoms. The second-order valence-electron chi connectivity index (χ2n) is 6.94. The predicted molar refractivity (Wildman–Crippen MR) is 116 cm³/mol. The van der Waals surface area contributed by atoms with Gasteiger partial charge in [-0.15, -0.1) is 0 Å². The summed E-state index contributed by atoms with van der Waals surface area (Å²) < 4.78 is 5.68. The minimum Gasteiger partial charge on any atom is -0.508 e. The molecular weight excluding hydrogens is 366 g/mol. The number of rotatable bonds is 11. The number of ether oxygens (including phenoxy) is 1. The summed E-state index contributed by atoms with van der Waals surface area (Å²) in [4.78, 5) is 26.0. The van der Waals surface area contributed by atoms with Crippen LogP contribution in [0.2, 0.25) is 0 Å². The highest BCUT2D eigenvalue weighted by Gasteiger charge is 2.04. The number of allylic oxidation sites excluding steroid dienone is 2. The van der Waals surface area contributed by atoms with Crippen LogP contribution in [0, 0.1) is 0 Å².